The fourth-order valence-corrected chi connectivity index (χ4v) is 8.32. The van der Waals surface area contributed by atoms with Crippen molar-refractivity contribution in [2.75, 3.05) is 6.61 Å². The van der Waals surface area contributed by atoms with E-state index in [1.54, 1.807) is 136 Å². The maximum atomic E-state index is 14.7. The van der Waals surface area contributed by atoms with Crippen molar-refractivity contribution < 1.29 is 66.1 Å². The van der Waals surface area contributed by atoms with E-state index in [2.05, 4.69) is 15.7 Å². The topological polar surface area (TPSA) is 220 Å². The molecule has 0 radical (unpaired) electrons. The van der Waals surface area contributed by atoms with Crippen LogP contribution in [0.4, 0.5) is 4.79 Å². The quantitative estimate of drug-likeness (QED) is 0.0176. The van der Waals surface area contributed by atoms with Crippen LogP contribution in [0.2, 0.25) is 0 Å². The zero-order chi connectivity index (χ0) is 52.3. The Morgan fingerprint density at radius 3 is 1.29 bits per heavy atom. The van der Waals surface area contributed by atoms with Gasteiger partial charge in [-0.15, -0.1) is 0 Å². The van der Waals surface area contributed by atoms with Crippen LogP contribution < -0.4 is 15.7 Å². The minimum atomic E-state index is -4.45. The molecule has 3 N–H and O–H groups in total. The number of rotatable bonds is 29. The van der Waals surface area contributed by atoms with E-state index in [-0.39, 0.29) is 78.2 Å². The number of amides is 2. The van der Waals surface area contributed by atoms with Crippen molar-refractivity contribution in [2.24, 2.45) is 0 Å². The van der Waals surface area contributed by atoms with Gasteiger partial charge in [-0.05, 0) is 74.3 Å². The lowest BCUT2D eigenvalue weighted by atomic mass is 10.1. The summed E-state index contributed by atoms with van der Waals surface area (Å²) < 4.78 is 54.1. The first-order valence-electron chi connectivity index (χ1n) is 23.9. The van der Waals surface area contributed by atoms with E-state index in [4.69, 9.17) is 32.7 Å². The van der Waals surface area contributed by atoms with Crippen molar-refractivity contribution in [1.82, 2.24) is 15.7 Å². The predicted octanol–water partition coefficient (Wildman–Crippen LogP) is 8.98. The Balaban J connectivity index is 1.28. The van der Waals surface area contributed by atoms with E-state index >= 15 is 0 Å². The zero-order valence-electron chi connectivity index (χ0n) is 41.3. The minimum absolute atomic E-state index is 0.00464. The van der Waals surface area contributed by atoms with E-state index in [1.807, 2.05) is 36.4 Å². The summed E-state index contributed by atoms with van der Waals surface area (Å²) in [6.45, 7) is 4.16. The molecule has 5 rings (SSSR count). The largest absolute Gasteiger partial charge is 0.461 e. The van der Waals surface area contributed by atoms with Crippen LogP contribution in [0, 0.1) is 0 Å². The molecule has 0 saturated carbocycles. The number of carbonyl (C=O) groups excluding carboxylic acids is 6. The molecule has 0 spiro atoms. The monoisotopic (exact) mass is 1020 g/mol. The first kappa shape index (κ1) is 56.7. The van der Waals surface area contributed by atoms with E-state index < -0.39 is 67.4 Å². The molecule has 0 heterocycles. The number of esters is 4. The highest BCUT2D eigenvalue weighted by Gasteiger charge is 2.35. The van der Waals surface area contributed by atoms with Crippen LogP contribution in [0.1, 0.15) is 87.1 Å². The van der Waals surface area contributed by atoms with Gasteiger partial charge in [0.2, 0.25) is 5.91 Å². The summed E-state index contributed by atoms with van der Waals surface area (Å²) in [6.07, 6.45) is -2.02. The van der Waals surface area contributed by atoms with Gasteiger partial charge in [-0.3, -0.25) is 23.4 Å². The molecule has 2 amide bonds. The van der Waals surface area contributed by atoms with Crippen molar-refractivity contribution in [2.45, 2.75) is 116 Å². The molecule has 73 heavy (non-hydrogen) atoms. The Hall–Kier alpha value is -7.17. The molecule has 5 aromatic carbocycles. The third-order valence-electron chi connectivity index (χ3n) is 10.5. The second kappa shape index (κ2) is 30.0. The van der Waals surface area contributed by atoms with Crippen LogP contribution >= 0.6 is 7.75 Å². The fourth-order valence-electron chi connectivity index (χ4n) is 6.79. The number of hydrogen-bond acceptors (Lipinski definition) is 14. The SMILES string of the molecule is CC(C)(C)OC(=O)NC(CCC(=O)N[C@H](CCCO[P@](=O)(NC(CCC(=O)OCc1ccccc1)C(=O)OCc1ccccc1)OCc1ccccc1)C(=O)OCc1ccccc1)C(=O)OCc1ccccc1. The molecule has 0 aliphatic carbocycles. The van der Waals surface area contributed by atoms with E-state index in [1.165, 1.54) is 0 Å². The predicted molar refractivity (Wildman–Crippen MR) is 269 cm³/mol. The van der Waals surface area contributed by atoms with Gasteiger partial charge < -0.3 is 34.3 Å². The summed E-state index contributed by atoms with van der Waals surface area (Å²) in [7, 11) is -4.45. The number of alkyl carbamates (subject to hydrolysis) is 1. The molecule has 0 saturated heterocycles. The van der Waals surface area contributed by atoms with Gasteiger partial charge in [-0.1, -0.05) is 152 Å². The molecular weight excluding hydrogens is 958 g/mol. The molecule has 0 fully saturated rings. The molecular formula is C55H64N3O14P. The average molecular weight is 1020 g/mol. The van der Waals surface area contributed by atoms with Crippen molar-refractivity contribution >= 4 is 43.6 Å². The number of ether oxygens (including phenoxy) is 5. The molecule has 5 aromatic rings. The molecule has 0 aliphatic heterocycles. The maximum Gasteiger partial charge on any atom is 0.408 e. The number of nitrogens with one attached hydrogen (secondary N) is 3. The second-order valence-corrected chi connectivity index (χ2v) is 19.5. The summed E-state index contributed by atoms with van der Waals surface area (Å²) in [5, 5.41) is 7.89. The van der Waals surface area contributed by atoms with E-state index in [9.17, 15) is 33.3 Å². The lowest BCUT2D eigenvalue weighted by molar-refractivity contribution is -0.150. The van der Waals surface area contributed by atoms with Crippen LogP contribution in [-0.4, -0.2) is 66.2 Å². The van der Waals surface area contributed by atoms with Crippen LogP contribution in [0.5, 0.6) is 0 Å². The first-order chi connectivity index (χ1) is 35.1. The summed E-state index contributed by atoms with van der Waals surface area (Å²) in [4.78, 5) is 80.1. The van der Waals surface area contributed by atoms with Gasteiger partial charge >= 0.3 is 37.7 Å². The van der Waals surface area contributed by atoms with E-state index in [0.29, 0.717) is 22.3 Å². The van der Waals surface area contributed by atoms with Crippen molar-refractivity contribution in [3.05, 3.63) is 179 Å². The molecule has 388 valence electrons. The molecule has 0 aromatic heterocycles. The van der Waals surface area contributed by atoms with Crippen molar-refractivity contribution in [1.29, 1.82) is 0 Å². The fraction of sp³-hybridized carbons (Fsp3) is 0.345. The molecule has 4 atom stereocenters. The first-order valence-corrected chi connectivity index (χ1v) is 25.5. The van der Waals surface area contributed by atoms with Gasteiger partial charge in [0.25, 0.3) is 0 Å². The normalized spacial score (nSPS) is 13.2. The minimum Gasteiger partial charge on any atom is -0.461 e. The molecule has 18 heteroatoms. The van der Waals surface area contributed by atoms with Gasteiger partial charge in [0.1, 0.15) is 50.2 Å². The maximum absolute atomic E-state index is 14.7. The Morgan fingerprint density at radius 1 is 0.466 bits per heavy atom. The van der Waals surface area contributed by atoms with Gasteiger partial charge in [0.15, 0.2) is 0 Å². The highest BCUT2D eigenvalue weighted by molar-refractivity contribution is 7.51. The van der Waals surface area contributed by atoms with Crippen LogP contribution in [0.3, 0.4) is 0 Å². The van der Waals surface area contributed by atoms with Crippen LogP contribution in [0.15, 0.2) is 152 Å². The summed E-state index contributed by atoms with van der Waals surface area (Å²) in [5.74, 6) is -3.70. The zero-order valence-corrected chi connectivity index (χ0v) is 42.2. The molecule has 2 unspecified atom stereocenters. The van der Waals surface area contributed by atoms with Gasteiger partial charge in [0.05, 0.1) is 13.2 Å². The number of benzene rings is 5. The lowest BCUT2D eigenvalue weighted by Crippen LogP contribution is -2.46. The smallest absolute Gasteiger partial charge is 0.408 e. The third-order valence-corrected chi connectivity index (χ3v) is 12.2. The Labute approximate surface area is 426 Å². The van der Waals surface area contributed by atoms with E-state index in [0.717, 1.165) is 5.56 Å². The number of hydrogen-bond donors (Lipinski definition) is 3. The van der Waals surface area contributed by atoms with Crippen molar-refractivity contribution in [3.63, 3.8) is 0 Å². The molecule has 17 nitrogen and oxygen atoms in total. The standard InChI is InChI=1S/C55H64N3O14P/c1-55(2,3)72-54(64)57-47(52(62)68-38-43-24-13-6-14-25-43)31-33-49(59)56-46(51(61)67-37-42-22-11-5-12-23-42)30-19-35-70-73(65,71-40-45-28-17-8-18-29-45)58-48(53(63)69-39-44-26-15-7-16-27-44)32-34-50(60)66-36-41-20-9-4-10-21-41/h4-18,20-29,46-48H,19,30-40H2,1-3H3,(H,56,59)(H,57,64)(H,58,65)/t46-,47?,48?,73-/m1/s1. The average Bonchev–Trinajstić information content (AvgIpc) is 3.39. The molecule has 0 aliphatic rings. The Bertz CT molecular complexity index is 2530. The highest BCUT2D eigenvalue weighted by atomic mass is 31.2. The number of carbonyl (C=O) groups is 6. The summed E-state index contributed by atoms with van der Waals surface area (Å²) in [6, 6.07) is 40.7. The highest BCUT2D eigenvalue weighted by Crippen LogP contribution is 2.46. The van der Waals surface area contributed by atoms with Crippen molar-refractivity contribution in [3.8, 4) is 0 Å². The van der Waals surface area contributed by atoms with Gasteiger partial charge in [-0.25, -0.2) is 24.0 Å². The lowest BCUT2D eigenvalue weighted by Gasteiger charge is -2.25. The summed E-state index contributed by atoms with van der Waals surface area (Å²) in [5.41, 5.74) is 2.61. The third kappa shape index (κ3) is 22.4. The van der Waals surface area contributed by atoms with Gasteiger partial charge in [0, 0.05) is 12.8 Å². The van der Waals surface area contributed by atoms with Crippen LogP contribution in [0.25, 0.3) is 0 Å². The van der Waals surface area contributed by atoms with Gasteiger partial charge in [-0.2, -0.15) is 0 Å². The Kier molecular flexibility index (Phi) is 23.3. The second-order valence-electron chi connectivity index (χ2n) is 17.7. The Morgan fingerprint density at radius 2 is 0.849 bits per heavy atom. The molecule has 0 bridgehead atoms. The summed E-state index contributed by atoms with van der Waals surface area (Å²) >= 11 is 0. The van der Waals surface area contributed by atoms with Crippen LogP contribution in [-0.2, 0) is 94.3 Å².